The molecule has 4 heteroatoms. The summed E-state index contributed by atoms with van der Waals surface area (Å²) in [6.07, 6.45) is -0.229. The van der Waals surface area contributed by atoms with Crippen LogP contribution in [0.15, 0.2) is 18.3 Å². The van der Waals surface area contributed by atoms with Gasteiger partial charge in [-0.1, -0.05) is 0 Å². The van der Waals surface area contributed by atoms with Crippen molar-refractivity contribution in [2.45, 2.75) is 18.3 Å². The number of aliphatic hydroxyl groups excluding tert-OH is 2. The molecule has 1 saturated heterocycles. The van der Waals surface area contributed by atoms with Crippen LogP contribution < -0.4 is 0 Å². The number of hydrogen-bond donors (Lipinski definition) is 3. The molecule has 0 bridgehead atoms. The molecule has 3 N–H and O–H groups in total. The summed E-state index contributed by atoms with van der Waals surface area (Å²) >= 11 is 0. The fourth-order valence-electron chi connectivity index (χ4n) is 1.40. The third-order valence-electron chi connectivity index (χ3n) is 2.08. The Bertz CT molecular complexity index is 247. The van der Waals surface area contributed by atoms with Crippen molar-refractivity contribution in [2.24, 2.45) is 0 Å². The number of rotatable bonds is 1. The lowest BCUT2D eigenvalue weighted by atomic mass is 10.1. The molecule has 12 heavy (non-hydrogen) atoms. The number of nitrogens with one attached hydrogen (secondary N) is 1. The Hall–Kier alpha value is -0.840. The zero-order valence-corrected chi connectivity index (χ0v) is 6.47. The van der Waals surface area contributed by atoms with Gasteiger partial charge in [0.25, 0.3) is 0 Å². The highest BCUT2D eigenvalue weighted by Crippen LogP contribution is 2.27. The minimum Gasteiger partial charge on any atom is -0.388 e. The molecule has 0 saturated carbocycles. The number of aromatic nitrogens is 1. The van der Waals surface area contributed by atoms with E-state index in [9.17, 15) is 10.2 Å². The number of aromatic amines is 1. The largest absolute Gasteiger partial charge is 0.388 e. The van der Waals surface area contributed by atoms with Crippen molar-refractivity contribution in [3.63, 3.8) is 0 Å². The van der Waals surface area contributed by atoms with Crippen molar-refractivity contribution >= 4 is 0 Å². The summed E-state index contributed by atoms with van der Waals surface area (Å²) in [6.45, 7) is 0.199. The first-order valence-corrected chi connectivity index (χ1v) is 3.90. The lowest BCUT2D eigenvalue weighted by molar-refractivity contribution is 0.0207. The van der Waals surface area contributed by atoms with Crippen LogP contribution in [0.1, 0.15) is 11.8 Å². The summed E-state index contributed by atoms with van der Waals surface area (Å²) in [5, 5.41) is 18.6. The highest BCUT2D eigenvalue weighted by atomic mass is 16.5. The van der Waals surface area contributed by atoms with E-state index < -0.39 is 18.3 Å². The van der Waals surface area contributed by atoms with Crippen molar-refractivity contribution in [1.82, 2.24) is 4.98 Å². The predicted molar refractivity (Wildman–Crippen MR) is 41.5 cm³/mol. The number of hydrogen-bond acceptors (Lipinski definition) is 3. The van der Waals surface area contributed by atoms with Crippen LogP contribution in [0.4, 0.5) is 0 Å². The van der Waals surface area contributed by atoms with Gasteiger partial charge in [-0.15, -0.1) is 0 Å². The first kappa shape index (κ1) is 7.79. The molecule has 66 valence electrons. The van der Waals surface area contributed by atoms with Gasteiger partial charge in [-0.05, 0) is 12.1 Å². The second-order valence-electron chi connectivity index (χ2n) is 2.94. The van der Waals surface area contributed by atoms with Crippen molar-refractivity contribution in [2.75, 3.05) is 6.61 Å². The van der Waals surface area contributed by atoms with E-state index >= 15 is 0 Å². The third kappa shape index (κ3) is 1.14. The Labute approximate surface area is 69.8 Å². The quantitative estimate of drug-likeness (QED) is 0.545. The minimum absolute atomic E-state index is 0.199. The summed E-state index contributed by atoms with van der Waals surface area (Å²) in [4.78, 5) is 2.93. The van der Waals surface area contributed by atoms with Crippen molar-refractivity contribution < 1.29 is 14.9 Å². The van der Waals surface area contributed by atoms with Gasteiger partial charge in [0, 0.05) is 11.9 Å². The van der Waals surface area contributed by atoms with Crippen LogP contribution in [0.25, 0.3) is 0 Å². The highest BCUT2D eigenvalue weighted by Gasteiger charge is 2.35. The average Bonchev–Trinajstić information content (AvgIpc) is 2.64. The number of aliphatic hydroxyl groups is 2. The van der Waals surface area contributed by atoms with Crippen molar-refractivity contribution in [1.29, 1.82) is 0 Å². The van der Waals surface area contributed by atoms with Gasteiger partial charge < -0.3 is 19.9 Å². The molecular weight excluding hydrogens is 158 g/mol. The summed E-state index contributed by atoms with van der Waals surface area (Å²) < 4.78 is 5.19. The fourth-order valence-corrected chi connectivity index (χ4v) is 1.40. The van der Waals surface area contributed by atoms with E-state index in [1.165, 1.54) is 0 Å². The maximum absolute atomic E-state index is 9.43. The molecule has 0 aromatic carbocycles. The SMILES string of the molecule is O[C@@H]1[C@H](O)CO[C@H]1c1ccc[nH]1. The average molecular weight is 169 g/mol. The van der Waals surface area contributed by atoms with Crippen LogP contribution in [0.2, 0.25) is 0 Å². The van der Waals surface area contributed by atoms with Gasteiger partial charge in [-0.3, -0.25) is 0 Å². The maximum atomic E-state index is 9.43. The molecule has 0 aliphatic carbocycles. The standard InChI is InChI=1S/C8H11NO3/c10-6-4-12-8(7(6)11)5-2-1-3-9-5/h1-3,6-11H,4H2/t6-,7-,8+/m1/s1. The number of H-pyrrole nitrogens is 1. The molecule has 1 aromatic heterocycles. The smallest absolute Gasteiger partial charge is 0.126 e. The van der Waals surface area contributed by atoms with Crippen LogP contribution in [0.5, 0.6) is 0 Å². The van der Waals surface area contributed by atoms with E-state index in [0.717, 1.165) is 5.69 Å². The molecule has 0 spiro atoms. The molecule has 2 rings (SSSR count). The first-order valence-electron chi connectivity index (χ1n) is 3.90. The normalized spacial score (nSPS) is 35.7. The van der Waals surface area contributed by atoms with E-state index in [2.05, 4.69) is 4.98 Å². The van der Waals surface area contributed by atoms with Gasteiger partial charge in [0.15, 0.2) is 0 Å². The molecule has 1 aromatic rings. The second-order valence-corrected chi connectivity index (χ2v) is 2.94. The second kappa shape index (κ2) is 2.90. The lowest BCUT2D eigenvalue weighted by Crippen LogP contribution is -2.25. The molecule has 1 fully saturated rings. The van der Waals surface area contributed by atoms with E-state index in [4.69, 9.17) is 4.74 Å². The van der Waals surface area contributed by atoms with Gasteiger partial charge in [-0.2, -0.15) is 0 Å². The summed E-state index contributed by atoms with van der Waals surface area (Å²) in [5.74, 6) is 0. The van der Waals surface area contributed by atoms with Gasteiger partial charge in [0.05, 0.1) is 6.61 Å². The van der Waals surface area contributed by atoms with Crippen LogP contribution in [-0.2, 0) is 4.74 Å². The summed E-state index contributed by atoms with van der Waals surface area (Å²) in [6, 6.07) is 3.65. The highest BCUT2D eigenvalue weighted by molar-refractivity contribution is 5.11. The Morgan fingerprint density at radius 2 is 2.33 bits per heavy atom. The molecule has 1 aliphatic rings. The predicted octanol–water partition coefficient (Wildman–Crippen LogP) is -0.192. The van der Waals surface area contributed by atoms with Crippen LogP contribution >= 0.6 is 0 Å². The van der Waals surface area contributed by atoms with Gasteiger partial charge in [0.2, 0.25) is 0 Å². The molecule has 4 nitrogen and oxygen atoms in total. The minimum atomic E-state index is -0.816. The Balaban J connectivity index is 2.16. The number of ether oxygens (including phenoxy) is 1. The Morgan fingerprint density at radius 1 is 1.50 bits per heavy atom. The fraction of sp³-hybridized carbons (Fsp3) is 0.500. The van der Waals surface area contributed by atoms with Crippen molar-refractivity contribution in [3.05, 3.63) is 24.0 Å². The van der Waals surface area contributed by atoms with E-state index in [1.807, 2.05) is 12.1 Å². The molecule has 0 amide bonds. The Morgan fingerprint density at radius 3 is 2.83 bits per heavy atom. The van der Waals surface area contributed by atoms with Crippen LogP contribution in [-0.4, -0.2) is 34.0 Å². The zero-order chi connectivity index (χ0) is 8.55. The molecule has 0 radical (unpaired) electrons. The summed E-state index contributed by atoms with van der Waals surface area (Å²) in [7, 11) is 0. The van der Waals surface area contributed by atoms with Gasteiger partial charge in [0.1, 0.15) is 18.3 Å². The van der Waals surface area contributed by atoms with E-state index in [0.29, 0.717) is 0 Å². The maximum Gasteiger partial charge on any atom is 0.126 e. The monoisotopic (exact) mass is 169 g/mol. The van der Waals surface area contributed by atoms with Gasteiger partial charge >= 0.3 is 0 Å². The third-order valence-corrected chi connectivity index (χ3v) is 2.08. The topological polar surface area (TPSA) is 65.5 Å². The molecule has 2 heterocycles. The molecular formula is C8H11NO3. The summed E-state index contributed by atoms with van der Waals surface area (Å²) in [5.41, 5.74) is 0.805. The first-order chi connectivity index (χ1) is 5.79. The molecule has 1 aliphatic heterocycles. The van der Waals surface area contributed by atoms with Crippen LogP contribution in [0.3, 0.4) is 0 Å². The van der Waals surface area contributed by atoms with Crippen molar-refractivity contribution in [3.8, 4) is 0 Å². The Kier molecular flexibility index (Phi) is 1.88. The van der Waals surface area contributed by atoms with E-state index in [-0.39, 0.29) is 6.61 Å². The molecule has 0 unspecified atom stereocenters. The van der Waals surface area contributed by atoms with E-state index in [1.54, 1.807) is 6.20 Å². The zero-order valence-electron chi connectivity index (χ0n) is 6.47. The lowest BCUT2D eigenvalue weighted by Gasteiger charge is -2.12. The van der Waals surface area contributed by atoms with Crippen LogP contribution in [0, 0.1) is 0 Å². The van der Waals surface area contributed by atoms with Gasteiger partial charge in [-0.25, -0.2) is 0 Å². The molecule has 3 atom stereocenters.